The molecule has 25 heavy (non-hydrogen) atoms. The minimum absolute atomic E-state index is 0.187. The minimum Gasteiger partial charge on any atom is -0.461 e. The Morgan fingerprint density at radius 1 is 1.40 bits per heavy atom. The van der Waals surface area contributed by atoms with Gasteiger partial charge in [-0.1, -0.05) is 35.6 Å². The SMILES string of the molecule is CCOC(=O)c1nn(C)c(-c2cccc(Cl)c2)c1C#CCCCC#N. The zero-order chi connectivity index (χ0) is 18.2. The van der Waals surface area contributed by atoms with E-state index in [-0.39, 0.29) is 12.3 Å². The van der Waals surface area contributed by atoms with E-state index in [2.05, 4.69) is 23.0 Å². The largest absolute Gasteiger partial charge is 0.461 e. The lowest BCUT2D eigenvalue weighted by atomic mass is 10.1. The summed E-state index contributed by atoms with van der Waals surface area (Å²) < 4.78 is 6.70. The number of esters is 1. The number of halogens is 1. The zero-order valence-corrected chi connectivity index (χ0v) is 14.9. The van der Waals surface area contributed by atoms with Crippen LogP contribution in [0.3, 0.4) is 0 Å². The van der Waals surface area contributed by atoms with Crippen LogP contribution in [0.1, 0.15) is 42.2 Å². The molecule has 0 aliphatic heterocycles. The van der Waals surface area contributed by atoms with Crippen LogP contribution in [-0.4, -0.2) is 22.4 Å². The summed E-state index contributed by atoms with van der Waals surface area (Å²) in [5.41, 5.74) is 2.23. The van der Waals surface area contributed by atoms with Gasteiger partial charge in [0.1, 0.15) is 0 Å². The van der Waals surface area contributed by atoms with Crippen LogP contribution in [0.15, 0.2) is 24.3 Å². The van der Waals surface area contributed by atoms with Gasteiger partial charge >= 0.3 is 5.97 Å². The van der Waals surface area contributed by atoms with E-state index in [1.807, 2.05) is 12.1 Å². The highest BCUT2D eigenvalue weighted by atomic mass is 35.5. The molecule has 0 radical (unpaired) electrons. The maximum Gasteiger partial charge on any atom is 0.360 e. The molecule has 0 aliphatic rings. The first-order valence-corrected chi connectivity index (χ1v) is 8.32. The number of aromatic nitrogens is 2. The highest BCUT2D eigenvalue weighted by Crippen LogP contribution is 2.28. The predicted octanol–water partition coefficient (Wildman–Crippen LogP) is 3.96. The third-order valence-corrected chi connectivity index (χ3v) is 3.65. The van der Waals surface area contributed by atoms with E-state index in [9.17, 15) is 4.79 Å². The Morgan fingerprint density at radius 2 is 2.20 bits per heavy atom. The lowest BCUT2D eigenvalue weighted by molar-refractivity contribution is 0.0518. The van der Waals surface area contributed by atoms with E-state index in [0.717, 1.165) is 5.56 Å². The lowest BCUT2D eigenvalue weighted by Gasteiger charge is -2.04. The van der Waals surface area contributed by atoms with Crippen molar-refractivity contribution in [2.45, 2.75) is 26.2 Å². The summed E-state index contributed by atoms with van der Waals surface area (Å²) in [6.45, 7) is 2.00. The van der Waals surface area contributed by atoms with Gasteiger partial charge in [-0.3, -0.25) is 4.68 Å². The Labute approximate surface area is 152 Å². The second-order valence-electron chi connectivity index (χ2n) is 5.24. The Morgan fingerprint density at radius 3 is 2.88 bits per heavy atom. The molecule has 2 rings (SSSR count). The monoisotopic (exact) mass is 355 g/mol. The molecule has 0 saturated heterocycles. The van der Waals surface area contributed by atoms with Gasteiger partial charge in [0.2, 0.25) is 0 Å². The number of hydrogen-bond acceptors (Lipinski definition) is 4. The highest BCUT2D eigenvalue weighted by molar-refractivity contribution is 6.30. The average molecular weight is 356 g/mol. The molecule has 6 heteroatoms. The van der Waals surface area contributed by atoms with Crippen molar-refractivity contribution in [3.05, 3.63) is 40.5 Å². The number of carbonyl (C=O) groups excluding carboxylic acids is 1. The van der Waals surface area contributed by atoms with Crippen LogP contribution in [0.2, 0.25) is 5.02 Å². The van der Waals surface area contributed by atoms with Gasteiger partial charge in [0.05, 0.1) is 23.9 Å². The fourth-order valence-corrected chi connectivity index (χ4v) is 2.55. The molecule has 0 aliphatic carbocycles. The molecule has 5 nitrogen and oxygen atoms in total. The molecular formula is C19H18ClN3O2. The number of carbonyl (C=O) groups is 1. The first-order chi connectivity index (χ1) is 12.1. The molecule has 128 valence electrons. The fourth-order valence-electron chi connectivity index (χ4n) is 2.36. The van der Waals surface area contributed by atoms with Gasteiger partial charge in [0.25, 0.3) is 0 Å². The van der Waals surface area contributed by atoms with Crippen LogP contribution in [-0.2, 0) is 11.8 Å². The van der Waals surface area contributed by atoms with Crippen molar-refractivity contribution in [3.8, 4) is 29.2 Å². The number of nitriles is 1. The van der Waals surface area contributed by atoms with Crippen LogP contribution in [0.25, 0.3) is 11.3 Å². The third kappa shape index (κ3) is 4.62. The number of rotatable bonds is 5. The number of unbranched alkanes of at least 4 members (excludes halogenated alkanes) is 2. The summed E-state index contributed by atoms with van der Waals surface area (Å²) >= 11 is 6.09. The first-order valence-electron chi connectivity index (χ1n) is 7.94. The summed E-state index contributed by atoms with van der Waals surface area (Å²) in [5, 5.41) is 13.5. The van der Waals surface area contributed by atoms with Crippen LogP contribution < -0.4 is 0 Å². The first kappa shape index (κ1) is 18.6. The van der Waals surface area contributed by atoms with E-state index in [1.54, 1.807) is 30.8 Å². The second-order valence-corrected chi connectivity index (χ2v) is 5.68. The molecule has 1 heterocycles. The van der Waals surface area contributed by atoms with E-state index in [0.29, 0.717) is 35.5 Å². The number of hydrogen-bond donors (Lipinski definition) is 0. The summed E-state index contributed by atoms with van der Waals surface area (Å²) in [6.07, 6.45) is 1.71. The van der Waals surface area contributed by atoms with Crippen molar-refractivity contribution in [2.24, 2.45) is 7.05 Å². The molecule has 0 unspecified atom stereocenters. The Balaban J connectivity index is 2.50. The van der Waals surface area contributed by atoms with Crippen LogP contribution in [0, 0.1) is 23.2 Å². The van der Waals surface area contributed by atoms with Crippen molar-refractivity contribution in [2.75, 3.05) is 6.61 Å². The molecule has 0 amide bonds. The lowest BCUT2D eigenvalue weighted by Crippen LogP contribution is -2.07. The van der Waals surface area contributed by atoms with Gasteiger partial charge in [-0.2, -0.15) is 10.4 Å². The Hall–Kier alpha value is -2.76. The van der Waals surface area contributed by atoms with Gasteiger partial charge < -0.3 is 4.74 Å². The minimum atomic E-state index is -0.507. The summed E-state index contributed by atoms with van der Waals surface area (Å²) in [6, 6.07) is 9.39. The molecule has 0 fully saturated rings. The number of aryl methyl sites for hydroxylation is 1. The molecule has 1 aromatic carbocycles. The number of ether oxygens (including phenoxy) is 1. The smallest absolute Gasteiger partial charge is 0.360 e. The maximum absolute atomic E-state index is 12.2. The molecule has 2 aromatic rings. The topological polar surface area (TPSA) is 67.9 Å². The van der Waals surface area contributed by atoms with Gasteiger partial charge in [0, 0.05) is 30.5 Å². The summed E-state index contributed by atoms with van der Waals surface area (Å²) in [5.74, 6) is 5.54. The fraction of sp³-hybridized carbons (Fsp3) is 0.316. The number of benzene rings is 1. The third-order valence-electron chi connectivity index (χ3n) is 3.42. The maximum atomic E-state index is 12.2. The summed E-state index contributed by atoms with van der Waals surface area (Å²) in [7, 11) is 1.75. The van der Waals surface area contributed by atoms with E-state index < -0.39 is 5.97 Å². The normalized spacial score (nSPS) is 9.84. The molecule has 0 atom stereocenters. The van der Waals surface area contributed by atoms with E-state index in [4.69, 9.17) is 21.6 Å². The van der Waals surface area contributed by atoms with E-state index >= 15 is 0 Å². The molecule has 0 bridgehead atoms. The predicted molar refractivity (Wildman–Crippen MR) is 96.0 cm³/mol. The quantitative estimate of drug-likeness (QED) is 0.462. The summed E-state index contributed by atoms with van der Waals surface area (Å²) in [4.78, 5) is 12.2. The zero-order valence-electron chi connectivity index (χ0n) is 14.2. The molecular weight excluding hydrogens is 338 g/mol. The van der Waals surface area contributed by atoms with Crippen molar-refractivity contribution >= 4 is 17.6 Å². The molecule has 1 aromatic heterocycles. The molecule has 0 spiro atoms. The van der Waals surface area contributed by atoms with Gasteiger partial charge in [-0.15, -0.1) is 0 Å². The van der Waals surface area contributed by atoms with Crippen molar-refractivity contribution in [3.63, 3.8) is 0 Å². The van der Waals surface area contributed by atoms with Crippen molar-refractivity contribution in [1.29, 1.82) is 5.26 Å². The van der Waals surface area contributed by atoms with Crippen LogP contribution in [0.5, 0.6) is 0 Å². The standard InChI is InChI=1S/C19H18ClN3O2/c1-3-25-19(24)17-16(11-6-4-5-7-12-21)18(23(2)22-17)14-9-8-10-15(20)13-14/h8-10,13H,3-5,7H2,1-2H3. The van der Waals surface area contributed by atoms with Crippen LogP contribution in [0.4, 0.5) is 0 Å². The Kier molecular flexibility index (Phi) is 6.62. The average Bonchev–Trinajstić information content (AvgIpc) is 2.91. The molecule has 0 saturated carbocycles. The number of nitrogens with zero attached hydrogens (tertiary/aromatic N) is 3. The molecule has 0 N–H and O–H groups in total. The second kappa shape index (κ2) is 8.92. The van der Waals surface area contributed by atoms with E-state index in [1.165, 1.54) is 0 Å². The highest BCUT2D eigenvalue weighted by Gasteiger charge is 2.22. The van der Waals surface area contributed by atoms with Crippen LogP contribution >= 0.6 is 11.6 Å². The van der Waals surface area contributed by atoms with Crippen molar-refractivity contribution in [1.82, 2.24) is 9.78 Å². The van der Waals surface area contributed by atoms with Gasteiger partial charge in [0.15, 0.2) is 5.69 Å². The van der Waals surface area contributed by atoms with Crippen molar-refractivity contribution < 1.29 is 9.53 Å². The Bertz CT molecular complexity index is 869. The van der Waals surface area contributed by atoms with Gasteiger partial charge in [-0.25, -0.2) is 4.79 Å². The van der Waals surface area contributed by atoms with Gasteiger partial charge in [-0.05, 0) is 25.5 Å².